The fourth-order valence-corrected chi connectivity index (χ4v) is 4.34. The molecule has 0 unspecified atom stereocenters. The number of carbonyl (C=O) groups excluding carboxylic acids is 1. The zero-order valence-corrected chi connectivity index (χ0v) is 12.5. The Morgan fingerprint density at radius 2 is 2.05 bits per heavy atom. The number of hydrogen-bond acceptors (Lipinski definition) is 4. The summed E-state index contributed by atoms with van der Waals surface area (Å²) >= 11 is 1.26. The van der Waals surface area contributed by atoms with E-state index in [0.717, 1.165) is 17.9 Å². The van der Waals surface area contributed by atoms with Crippen LogP contribution in [0.25, 0.3) is 11.4 Å². The van der Waals surface area contributed by atoms with Crippen LogP contribution < -0.4 is 5.32 Å². The third-order valence-corrected chi connectivity index (χ3v) is 5.39. The van der Waals surface area contributed by atoms with E-state index in [4.69, 9.17) is 0 Å². The molecule has 3 atom stereocenters. The molecule has 1 heterocycles. The van der Waals surface area contributed by atoms with Crippen molar-refractivity contribution in [2.45, 2.75) is 25.7 Å². The maximum atomic E-state index is 12.4. The molecule has 1 aromatic heterocycles. The number of hydrogen-bond donors (Lipinski definition) is 1. The van der Waals surface area contributed by atoms with Gasteiger partial charge in [0.05, 0.1) is 0 Å². The van der Waals surface area contributed by atoms with Gasteiger partial charge in [-0.3, -0.25) is 4.79 Å². The minimum absolute atomic E-state index is 0.137. The highest BCUT2D eigenvalue weighted by molar-refractivity contribution is 7.10. The highest BCUT2D eigenvalue weighted by atomic mass is 32.1. The lowest BCUT2D eigenvalue weighted by Crippen LogP contribution is -2.27. The minimum atomic E-state index is 0.137. The largest absolute Gasteiger partial charge is 0.300 e. The molecule has 0 spiro atoms. The summed E-state index contributed by atoms with van der Waals surface area (Å²) in [4.78, 5) is 16.8. The molecule has 2 aliphatic rings. The van der Waals surface area contributed by atoms with Crippen molar-refractivity contribution in [3.05, 3.63) is 30.3 Å². The van der Waals surface area contributed by atoms with Crippen molar-refractivity contribution >= 4 is 22.6 Å². The van der Waals surface area contributed by atoms with Crippen LogP contribution in [0.4, 0.5) is 5.13 Å². The first-order chi connectivity index (χ1) is 10.3. The summed E-state index contributed by atoms with van der Waals surface area (Å²) in [6.07, 6.45) is 4.82. The Morgan fingerprint density at radius 3 is 2.76 bits per heavy atom. The molecular weight excluding hydrogens is 282 g/mol. The first-order valence-corrected chi connectivity index (χ1v) is 8.27. The minimum Gasteiger partial charge on any atom is -0.300 e. The van der Waals surface area contributed by atoms with Crippen molar-refractivity contribution in [1.82, 2.24) is 9.36 Å². The molecule has 0 radical (unpaired) electrons. The average molecular weight is 299 g/mol. The molecule has 5 heteroatoms. The van der Waals surface area contributed by atoms with E-state index in [0.29, 0.717) is 16.9 Å². The van der Waals surface area contributed by atoms with Gasteiger partial charge >= 0.3 is 0 Å². The Hall–Kier alpha value is -1.75. The molecule has 21 heavy (non-hydrogen) atoms. The molecule has 0 aliphatic heterocycles. The number of nitrogens with one attached hydrogen (secondary N) is 1. The Kier molecular flexibility index (Phi) is 3.22. The van der Waals surface area contributed by atoms with E-state index in [2.05, 4.69) is 14.7 Å². The van der Waals surface area contributed by atoms with Crippen LogP contribution in [-0.4, -0.2) is 15.3 Å². The van der Waals surface area contributed by atoms with Crippen LogP contribution in [0.5, 0.6) is 0 Å². The molecule has 1 amide bonds. The number of nitrogens with zero attached hydrogens (tertiary/aromatic N) is 2. The van der Waals surface area contributed by atoms with E-state index in [1.165, 1.54) is 30.8 Å². The van der Waals surface area contributed by atoms with Crippen LogP contribution in [0.1, 0.15) is 25.7 Å². The molecule has 1 N–H and O–H groups in total. The number of anilines is 1. The van der Waals surface area contributed by atoms with Gasteiger partial charge in [-0.05, 0) is 31.1 Å². The number of rotatable bonds is 3. The summed E-state index contributed by atoms with van der Waals surface area (Å²) in [5, 5.41) is 3.58. The molecular formula is C16H17N3OS. The number of aromatic nitrogens is 2. The predicted octanol–water partition coefficient (Wildman–Crippen LogP) is 3.58. The van der Waals surface area contributed by atoms with Crippen LogP contribution in [0.3, 0.4) is 0 Å². The second-order valence-corrected chi connectivity index (χ2v) is 6.81. The molecule has 4 rings (SSSR count). The smallest absolute Gasteiger partial charge is 0.229 e. The van der Waals surface area contributed by atoms with Crippen LogP contribution in [0.15, 0.2) is 30.3 Å². The van der Waals surface area contributed by atoms with Crippen molar-refractivity contribution in [2.75, 3.05) is 5.32 Å². The highest BCUT2D eigenvalue weighted by Gasteiger charge is 2.43. The van der Waals surface area contributed by atoms with Crippen LogP contribution in [-0.2, 0) is 4.79 Å². The summed E-state index contributed by atoms with van der Waals surface area (Å²) < 4.78 is 4.33. The number of benzene rings is 1. The second-order valence-electron chi connectivity index (χ2n) is 6.06. The van der Waals surface area contributed by atoms with Gasteiger partial charge in [-0.15, -0.1) is 0 Å². The first-order valence-electron chi connectivity index (χ1n) is 7.49. The molecule has 2 bridgehead atoms. The fourth-order valence-electron chi connectivity index (χ4n) is 3.74. The van der Waals surface area contributed by atoms with Gasteiger partial charge in [-0.2, -0.15) is 9.36 Å². The predicted molar refractivity (Wildman–Crippen MR) is 82.9 cm³/mol. The van der Waals surface area contributed by atoms with Crippen molar-refractivity contribution in [2.24, 2.45) is 17.8 Å². The molecule has 2 aromatic rings. The second kappa shape index (κ2) is 5.22. The van der Waals surface area contributed by atoms with Crippen molar-refractivity contribution in [1.29, 1.82) is 0 Å². The summed E-state index contributed by atoms with van der Waals surface area (Å²) in [6.45, 7) is 0. The molecule has 2 fully saturated rings. The normalized spacial score (nSPS) is 27.0. The summed E-state index contributed by atoms with van der Waals surface area (Å²) in [7, 11) is 0. The maximum absolute atomic E-state index is 12.4. The van der Waals surface area contributed by atoms with Crippen LogP contribution >= 0.6 is 11.5 Å². The van der Waals surface area contributed by atoms with E-state index in [1.54, 1.807) is 0 Å². The average Bonchev–Trinajstić information content (AvgIpc) is 3.24. The zero-order valence-electron chi connectivity index (χ0n) is 11.7. The van der Waals surface area contributed by atoms with Gasteiger partial charge < -0.3 is 5.32 Å². The van der Waals surface area contributed by atoms with Gasteiger partial charge in [0.1, 0.15) is 0 Å². The summed E-state index contributed by atoms with van der Waals surface area (Å²) in [6, 6.07) is 9.84. The van der Waals surface area contributed by atoms with Gasteiger partial charge in [0, 0.05) is 23.0 Å². The highest BCUT2D eigenvalue weighted by Crippen LogP contribution is 2.48. The van der Waals surface area contributed by atoms with E-state index in [-0.39, 0.29) is 11.8 Å². The number of amides is 1. The van der Waals surface area contributed by atoms with E-state index in [1.807, 2.05) is 30.3 Å². The Balaban J connectivity index is 1.46. The maximum Gasteiger partial charge on any atom is 0.229 e. The first kappa shape index (κ1) is 13.0. The molecule has 108 valence electrons. The molecule has 2 aliphatic carbocycles. The lowest BCUT2D eigenvalue weighted by molar-refractivity contribution is -0.121. The van der Waals surface area contributed by atoms with Crippen molar-refractivity contribution in [3.63, 3.8) is 0 Å². The standard InChI is InChI=1S/C16H17N3OS/c20-15(13-9-10-6-7-12(13)8-10)18-16-17-14(19-21-16)11-4-2-1-3-5-11/h1-5,10,12-13H,6-9H2,(H,17,18,19,20)/t10-,12-,13-/m0/s1. The molecule has 1 aromatic carbocycles. The van der Waals surface area contributed by atoms with Gasteiger partial charge in [0.25, 0.3) is 0 Å². The lowest BCUT2D eigenvalue weighted by atomic mass is 9.88. The van der Waals surface area contributed by atoms with Gasteiger partial charge in [0.2, 0.25) is 11.0 Å². The topological polar surface area (TPSA) is 54.9 Å². The Bertz CT molecular complexity index is 655. The summed E-state index contributed by atoms with van der Waals surface area (Å²) in [5.41, 5.74) is 0.981. The van der Waals surface area contributed by atoms with Gasteiger partial charge in [-0.25, -0.2) is 0 Å². The third-order valence-electron chi connectivity index (χ3n) is 4.76. The van der Waals surface area contributed by atoms with Gasteiger partial charge in [0.15, 0.2) is 5.82 Å². The third kappa shape index (κ3) is 2.46. The SMILES string of the molecule is O=C(Nc1nc(-c2ccccc2)ns1)[C@H]1C[C@H]2CC[C@H]1C2. The fraction of sp³-hybridized carbons (Fsp3) is 0.438. The quantitative estimate of drug-likeness (QED) is 0.942. The summed E-state index contributed by atoms with van der Waals surface area (Å²) in [5.74, 6) is 2.38. The van der Waals surface area contributed by atoms with E-state index >= 15 is 0 Å². The van der Waals surface area contributed by atoms with Crippen molar-refractivity contribution < 1.29 is 4.79 Å². The molecule has 2 saturated carbocycles. The lowest BCUT2D eigenvalue weighted by Gasteiger charge is -2.19. The zero-order chi connectivity index (χ0) is 14.2. The molecule has 4 nitrogen and oxygen atoms in total. The van der Waals surface area contributed by atoms with E-state index < -0.39 is 0 Å². The Labute approximate surface area is 127 Å². The van der Waals surface area contributed by atoms with E-state index in [9.17, 15) is 4.79 Å². The van der Waals surface area contributed by atoms with Crippen LogP contribution in [0.2, 0.25) is 0 Å². The number of fused-ring (bicyclic) bond motifs is 2. The number of carbonyl (C=O) groups is 1. The van der Waals surface area contributed by atoms with Crippen molar-refractivity contribution in [3.8, 4) is 11.4 Å². The molecule has 0 saturated heterocycles. The Morgan fingerprint density at radius 1 is 1.19 bits per heavy atom. The monoisotopic (exact) mass is 299 g/mol. The van der Waals surface area contributed by atoms with Gasteiger partial charge in [-0.1, -0.05) is 36.8 Å². The van der Waals surface area contributed by atoms with Crippen LogP contribution in [0, 0.1) is 17.8 Å².